The van der Waals surface area contributed by atoms with Gasteiger partial charge in [-0.1, -0.05) is 0 Å². The number of benzene rings is 1. The smallest absolute Gasteiger partial charge is 0.251 e. The van der Waals surface area contributed by atoms with E-state index in [0.717, 1.165) is 18.8 Å². The van der Waals surface area contributed by atoms with Gasteiger partial charge in [-0.15, -0.1) is 0 Å². The topological polar surface area (TPSA) is 70.4 Å². The molecule has 1 aromatic carbocycles. The fraction of sp³-hybridized carbons (Fsp3) is 0.533. The number of nitrogens with two attached hydrogens (primary N) is 1. The summed E-state index contributed by atoms with van der Waals surface area (Å²) in [4.78, 5) is 13.9. The minimum absolute atomic E-state index is 0.114. The summed E-state index contributed by atoms with van der Waals surface area (Å²) >= 11 is 0. The van der Waals surface area contributed by atoms with Crippen molar-refractivity contribution in [2.45, 2.75) is 12.8 Å². The molecule has 110 valence electrons. The van der Waals surface area contributed by atoms with Gasteiger partial charge in [0.15, 0.2) is 0 Å². The molecule has 1 unspecified atom stereocenters. The van der Waals surface area contributed by atoms with Crippen LogP contribution >= 0.6 is 0 Å². The Labute approximate surface area is 120 Å². The number of anilines is 2. The molecule has 0 aromatic heterocycles. The molecule has 1 aromatic rings. The summed E-state index contributed by atoms with van der Waals surface area (Å²) in [6.07, 6.45) is 2.52. The number of amides is 1. The molecule has 1 saturated heterocycles. The molecule has 20 heavy (non-hydrogen) atoms. The van der Waals surface area contributed by atoms with Gasteiger partial charge in [-0.05, 0) is 50.6 Å². The molecule has 5 nitrogen and oxygen atoms in total. The quantitative estimate of drug-likeness (QED) is 0.727. The van der Waals surface area contributed by atoms with E-state index >= 15 is 0 Å². The molecule has 1 fully saturated rings. The van der Waals surface area contributed by atoms with Gasteiger partial charge in [-0.25, -0.2) is 0 Å². The molecule has 1 atom stereocenters. The van der Waals surface area contributed by atoms with E-state index in [-0.39, 0.29) is 5.91 Å². The Morgan fingerprint density at radius 3 is 2.95 bits per heavy atom. The van der Waals surface area contributed by atoms with Gasteiger partial charge in [0, 0.05) is 25.7 Å². The largest absolute Gasteiger partial charge is 0.397 e. The predicted molar refractivity (Wildman–Crippen MR) is 83.0 cm³/mol. The van der Waals surface area contributed by atoms with Crippen LogP contribution in [0.15, 0.2) is 18.2 Å². The molecule has 1 amide bonds. The van der Waals surface area contributed by atoms with E-state index in [2.05, 4.69) is 22.6 Å². The first-order chi connectivity index (χ1) is 9.60. The summed E-state index contributed by atoms with van der Waals surface area (Å²) in [5.41, 5.74) is 8.12. The number of carbonyl (C=O) groups excluding carboxylic acids is 1. The second-order valence-electron chi connectivity index (χ2n) is 5.53. The minimum Gasteiger partial charge on any atom is -0.397 e. The molecular formula is C15H24N4O. The lowest BCUT2D eigenvalue weighted by atomic mass is 9.98. The number of hydrogen-bond acceptors (Lipinski definition) is 4. The SMILES string of the molecule is CNC(=O)c1ccc(NCC2CCCN(C)C2)c(N)c1. The first-order valence-corrected chi connectivity index (χ1v) is 7.14. The summed E-state index contributed by atoms with van der Waals surface area (Å²) < 4.78 is 0. The number of rotatable bonds is 4. The number of hydrogen-bond donors (Lipinski definition) is 3. The van der Waals surface area contributed by atoms with Crippen LogP contribution in [0.25, 0.3) is 0 Å². The standard InChI is InChI=1S/C15H24N4O/c1-17-15(20)12-5-6-14(13(16)8-12)18-9-11-4-3-7-19(2)10-11/h5-6,8,11,18H,3-4,7,9-10,16H2,1-2H3,(H,17,20). The Morgan fingerprint density at radius 2 is 2.30 bits per heavy atom. The van der Waals surface area contributed by atoms with Crippen molar-refractivity contribution < 1.29 is 4.79 Å². The first-order valence-electron chi connectivity index (χ1n) is 7.14. The minimum atomic E-state index is -0.114. The Morgan fingerprint density at radius 1 is 1.50 bits per heavy atom. The maximum Gasteiger partial charge on any atom is 0.251 e. The fourth-order valence-corrected chi connectivity index (χ4v) is 2.70. The average Bonchev–Trinajstić information content (AvgIpc) is 2.45. The zero-order valence-electron chi connectivity index (χ0n) is 12.3. The maximum atomic E-state index is 11.5. The maximum absolute atomic E-state index is 11.5. The fourth-order valence-electron chi connectivity index (χ4n) is 2.70. The zero-order valence-corrected chi connectivity index (χ0v) is 12.3. The van der Waals surface area contributed by atoms with E-state index in [1.807, 2.05) is 6.07 Å². The van der Waals surface area contributed by atoms with Crippen molar-refractivity contribution in [3.63, 3.8) is 0 Å². The second kappa shape index (κ2) is 6.61. The highest BCUT2D eigenvalue weighted by molar-refractivity contribution is 5.95. The molecule has 0 spiro atoms. The van der Waals surface area contributed by atoms with Crippen molar-refractivity contribution >= 4 is 17.3 Å². The van der Waals surface area contributed by atoms with Crippen LogP contribution in [0, 0.1) is 5.92 Å². The number of piperidine rings is 1. The van der Waals surface area contributed by atoms with E-state index in [9.17, 15) is 4.79 Å². The summed E-state index contributed by atoms with van der Waals surface area (Å²) in [5, 5.41) is 6.00. The lowest BCUT2D eigenvalue weighted by molar-refractivity contribution is 0.0963. The molecule has 4 N–H and O–H groups in total. The van der Waals surface area contributed by atoms with Crippen LogP contribution in [-0.2, 0) is 0 Å². The predicted octanol–water partition coefficient (Wildman–Crippen LogP) is 1.38. The van der Waals surface area contributed by atoms with Crippen LogP contribution in [-0.4, -0.2) is 44.5 Å². The van der Waals surface area contributed by atoms with Gasteiger partial charge in [0.05, 0.1) is 11.4 Å². The Hall–Kier alpha value is -1.75. The molecule has 5 heteroatoms. The van der Waals surface area contributed by atoms with Crippen molar-refractivity contribution in [1.82, 2.24) is 10.2 Å². The van der Waals surface area contributed by atoms with Crippen LogP contribution in [0.3, 0.4) is 0 Å². The molecular weight excluding hydrogens is 252 g/mol. The highest BCUT2D eigenvalue weighted by Gasteiger charge is 2.17. The highest BCUT2D eigenvalue weighted by atomic mass is 16.1. The number of carbonyl (C=O) groups is 1. The molecule has 0 aliphatic carbocycles. The van der Waals surface area contributed by atoms with Crippen LogP contribution in [0.5, 0.6) is 0 Å². The summed E-state index contributed by atoms with van der Waals surface area (Å²) in [5.74, 6) is 0.545. The van der Waals surface area contributed by atoms with Crippen molar-refractivity contribution in [2.24, 2.45) is 5.92 Å². The number of nitrogens with zero attached hydrogens (tertiary/aromatic N) is 1. The number of nitrogens with one attached hydrogen (secondary N) is 2. The zero-order chi connectivity index (χ0) is 14.5. The monoisotopic (exact) mass is 276 g/mol. The van der Waals surface area contributed by atoms with Crippen molar-refractivity contribution in [1.29, 1.82) is 0 Å². The van der Waals surface area contributed by atoms with Gasteiger partial charge >= 0.3 is 0 Å². The molecule has 2 rings (SSSR count). The van der Waals surface area contributed by atoms with E-state index in [1.54, 1.807) is 19.2 Å². The average molecular weight is 276 g/mol. The van der Waals surface area contributed by atoms with Gasteiger partial charge < -0.3 is 21.3 Å². The molecule has 1 heterocycles. The third-order valence-electron chi connectivity index (χ3n) is 3.84. The van der Waals surface area contributed by atoms with Crippen molar-refractivity contribution in [2.75, 3.05) is 44.8 Å². The van der Waals surface area contributed by atoms with Gasteiger partial charge in [0.25, 0.3) is 5.91 Å². The normalized spacial score (nSPS) is 19.6. The number of nitrogen functional groups attached to an aromatic ring is 1. The molecule has 0 saturated carbocycles. The lowest BCUT2D eigenvalue weighted by Crippen LogP contribution is -2.35. The van der Waals surface area contributed by atoms with Crippen LogP contribution in [0.1, 0.15) is 23.2 Å². The van der Waals surface area contributed by atoms with Gasteiger partial charge in [-0.3, -0.25) is 4.79 Å². The van der Waals surface area contributed by atoms with E-state index in [1.165, 1.54) is 19.4 Å². The molecule has 1 aliphatic heterocycles. The molecule has 1 aliphatic rings. The third-order valence-corrected chi connectivity index (χ3v) is 3.84. The highest BCUT2D eigenvalue weighted by Crippen LogP contribution is 2.22. The lowest BCUT2D eigenvalue weighted by Gasteiger charge is -2.30. The molecule has 0 bridgehead atoms. The first kappa shape index (κ1) is 14.7. The second-order valence-corrected chi connectivity index (χ2v) is 5.53. The van der Waals surface area contributed by atoms with E-state index in [4.69, 9.17) is 5.73 Å². The van der Waals surface area contributed by atoms with Crippen molar-refractivity contribution in [3.05, 3.63) is 23.8 Å². The van der Waals surface area contributed by atoms with Gasteiger partial charge in [-0.2, -0.15) is 0 Å². The summed E-state index contributed by atoms with van der Waals surface area (Å²) in [7, 11) is 3.78. The Balaban J connectivity index is 1.94. The van der Waals surface area contributed by atoms with E-state index < -0.39 is 0 Å². The van der Waals surface area contributed by atoms with Crippen LogP contribution in [0.2, 0.25) is 0 Å². The van der Waals surface area contributed by atoms with Crippen molar-refractivity contribution in [3.8, 4) is 0 Å². The summed E-state index contributed by atoms with van der Waals surface area (Å²) in [6, 6.07) is 5.39. The van der Waals surface area contributed by atoms with Gasteiger partial charge in [0.1, 0.15) is 0 Å². The third kappa shape index (κ3) is 3.63. The number of likely N-dealkylation sites (tertiary alicyclic amines) is 1. The van der Waals surface area contributed by atoms with E-state index in [0.29, 0.717) is 17.2 Å². The molecule has 0 radical (unpaired) electrons. The van der Waals surface area contributed by atoms with Gasteiger partial charge in [0.2, 0.25) is 0 Å². The Kier molecular flexibility index (Phi) is 4.84. The van der Waals surface area contributed by atoms with Crippen LogP contribution < -0.4 is 16.4 Å². The summed E-state index contributed by atoms with van der Waals surface area (Å²) in [6.45, 7) is 3.25. The Bertz CT molecular complexity index is 475. The van der Waals surface area contributed by atoms with Crippen LogP contribution in [0.4, 0.5) is 11.4 Å².